The molecule has 2 aromatic rings. The van der Waals surface area contributed by atoms with Crippen LogP contribution in [0.5, 0.6) is 5.75 Å². The maximum absolute atomic E-state index is 5.58. The number of hydrogen-bond acceptors (Lipinski definition) is 2. The van der Waals surface area contributed by atoms with E-state index in [9.17, 15) is 0 Å². The summed E-state index contributed by atoms with van der Waals surface area (Å²) in [6, 6.07) is 12.8. The van der Waals surface area contributed by atoms with Gasteiger partial charge in [-0.2, -0.15) is 0 Å². The van der Waals surface area contributed by atoms with Crippen molar-refractivity contribution in [3.63, 3.8) is 0 Å². The Labute approximate surface area is 118 Å². The first-order chi connectivity index (χ1) is 9.24. The van der Waals surface area contributed by atoms with Crippen LogP contribution >= 0.6 is 11.8 Å². The summed E-state index contributed by atoms with van der Waals surface area (Å²) in [7, 11) is 0. The molecule has 1 nitrogen and oxygen atoms in total. The molecule has 2 heteroatoms. The van der Waals surface area contributed by atoms with Gasteiger partial charge in [0, 0.05) is 15.4 Å². The third-order valence-corrected chi connectivity index (χ3v) is 4.55. The summed E-state index contributed by atoms with van der Waals surface area (Å²) in [5.74, 6) is 0.979. The molecule has 0 spiro atoms. The molecule has 0 bridgehead atoms. The van der Waals surface area contributed by atoms with E-state index in [4.69, 9.17) is 4.74 Å². The maximum atomic E-state index is 5.58. The minimum Gasteiger partial charge on any atom is -0.489 e. The van der Waals surface area contributed by atoms with Gasteiger partial charge in [0.05, 0.1) is 0 Å². The van der Waals surface area contributed by atoms with Crippen molar-refractivity contribution in [2.45, 2.75) is 23.6 Å². The van der Waals surface area contributed by atoms with Crippen LogP contribution in [0.25, 0.3) is 6.08 Å². The normalized spacial score (nSPS) is 12.9. The van der Waals surface area contributed by atoms with Gasteiger partial charge in [0.25, 0.3) is 0 Å². The summed E-state index contributed by atoms with van der Waals surface area (Å²) < 4.78 is 5.58. The van der Waals surface area contributed by atoms with Gasteiger partial charge in [-0.25, -0.2) is 0 Å². The Morgan fingerprint density at radius 3 is 2.89 bits per heavy atom. The van der Waals surface area contributed by atoms with Crippen LogP contribution in [0.3, 0.4) is 0 Å². The molecule has 0 radical (unpaired) electrons. The molecule has 1 heterocycles. The number of rotatable bonds is 2. The summed E-state index contributed by atoms with van der Waals surface area (Å²) >= 11 is 1.81. The van der Waals surface area contributed by atoms with E-state index in [0.717, 1.165) is 5.75 Å². The van der Waals surface area contributed by atoms with E-state index < -0.39 is 0 Å². The van der Waals surface area contributed by atoms with Gasteiger partial charge in [-0.1, -0.05) is 30.0 Å². The van der Waals surface area contributed by atoms with Gasteiger partial charge in [0.2, 0.25) is 0 Å². The second-order valence-electron chi connectivity index (χ2n) is 4.71. The lowest BCUT2D eigenvalue weighted by Gasteiger charge is -2.14. The average Bonchev–Trinajstić information content (AvgIpc) is 2.44. The molecule has 19 heavy (non-hydrogen) atoms. The lowest BCUT2D eigenvalue weighted by molar-refractivity contribution is 0.358. The zero-order valence-corrected chi connectivity index (χ0v) is 12.0. The fourth-order valence-electron chi connectivity index (χ4n) is 2.13. The quantitative estimate of drug-likeness (QED) is 0.769. The number of ether oxygens (including phenoxy) is 1. The Kier molecular flexibility index (Phi) is 3.34. The first-order valence-electron chi connectivity index (χ1n) is 6.41. The molecular weight excluding hydrogens is 252 g/mol. The molecule has 1 aliphatic heterocycles. The molecule has 0 amide bonds. The van der Waals surface area contributed by atoms with Gasteiger partial charge in [-0.3, -0.25) is 0 Å². The molecule has 0 saturated carbocycles. The van der Waals surface area contributed by atoms with E-state index in [2.05, 4.69) is 62.4 Å². The Morgan fingerprint density at radius 1 is 1.11 bits per heavy atom. The highest BCUT2D eigenvalue weighted by Crippen LogP contribution is 2.35. The van der Waals surface area contributed by atoms with Crippen molar-refractivity contribution in [2.75, 3.05) is 6.61 Å². The van der Waals surface area contributed by atoms with Gasteiger partial charge < -0.3 is 4.74 Å². The second-order valence-corrected chi connectivity index (χ2v) is 5.83. The lowest BCUT2D eigenvalue weighted by atomic mass is 10.1. The molecule has 96 valence electrons. The van der Waals surface area contributed by atoms with Crippen molar-refractivity contribution in [3.8, 4) is 5.75 Å². The Morgan fingerprint density at radius 2 is 2.00 bits per heavy atom. The van der Waals surface area contributed by atoms with Crippen LogP contribution in [-0.4, -0.2) is 6.61 Å². The van der Waals surface area contributed by atoms with Crippen LogP contribution in [-0.2, 0) is 0 Å². The standard InChI is InChI=1S/C17H16OS/c1-12-5-3-7-17(13(12)2)19-15-8-9-16-14(11-15)6-4-10-18-16/h3-9,11H,10H2,1-2H3. The van der Waals surface area contributed by atoms with Crippen molar-refractivity contribution in [1.29, 1.82) is 0 Å². The van der Waals surface area contributed by atoms with Gasteiger partial charge in [0.1, 0.15) is 12.4 Å². The largest absolute Gasteiger partial charge is 0.489 e. The number of aryl methyl sites for hydroxylation is 1. The molecule has 0 fully saturated rings. The van der Waals surface area contributed by atoms with Crippen LogP contribution in [0.4, 0.5) is 0 Å². The summed E-state index contributed by atoms with van der Waals surface area (Å²) in [5.41, 5.74) is 3.87. The van der Waals surface area contributed by atoms with Crippen molar-refractivity contribution in [2.24, 2.45) is 0 Å². The number of hydrogen-bond donors (Lipinski definition) is 0. The maximum Gasteiger partial charge on any atom is 0.127 e. The molecule has 3 rings (SSSR count). The SMILES string of the molecule is Cc1cccc(Sc2ccc3c(c2)C=CCO3)c1C. The minimum absolute atomic E-state index is 0.677. The molecule has 0 N–H and O–H groups in total. The van der Waals surface area contributed by atoms with Crippen LogP contribution in [0, 0.1) is 13.8 Å². The first kappa shape index (κ1) is 12.4. The summed E-state index contributed by atoms with van der Waals surface area (Å²) in [6.45, 7) is 5.01. The molecule has 0 aromatic heterocycles. The first-order valence-corrected chi connectivity index (χ1v) is 7.23. The van der Waals surface area contributed by atoms with Gasteiger partial charge >= 0.3 is 0 Å². The smallest absolute Gasteiger partial charge is 0.127 e. The highest BCUT2D eigenvalue weighted by atomic mass is 32.2. The summed E-state index contributed by atoms with van der Waals surface area (Å²) in [5, 5.41) is 0. The van der Waals surface area contributed by atoms with Crippen molar-refractivity contribution >= 4 is 17.8 Å². The molecule has 0 saturated heterocycles. The van der Waals surface area contributed by atoms with Crippen molar-refractivity contribution < 1.29 is 4.74 Å². The summed E-state index contributed by atoms with van der Waals surface area (Å²) in [4.78, 5) is 2.57. The van der Waals surface area contributed by atoms with Crippen LogP contribution < -0.4 is 4.74 Å². The Bertz CT molecular complexity index is 644. The van der Waals surface area contributed by atoms with E-state index in [1.165, 1.54) is 26.5 Å². The molecule has 0 aliphatic carbocycles. The van der Waals surface area contributed by atoms with Gasteiger partial charge in [0.15, 0.2) is 0 Å². The van der Waals surface area contributed by atoms with Crippen LogP contribution in [0.2, 0.25) is 0 Å². The summed E-state index contributed by atoms with van der Waals surface area (Å²) in [6.07, 6.45) is 4.18. The minimum atomic E-state index is 0.677. The van der Waals surface area contributed by atoms with Crippen molar-refractivity contribution in [1.82, 2.24) is 0 Å². The van der Waals surface area contributed by atoms with Crippen LogP contribution in [0.15, 0.2) is 52.3 Å². The van der Waals surface area contributed by atoms with Crippen LogP contribution in [0.1, 0.15) is 16.7 Å². The fourth-order valence-corrected chi connectivity index (χ4v) is 3.16. The number of fused-ring (bicyclic) bond motifs is 1. The van der Waals surface area contributed by atoms with Gasteiger partial charge in [-0.15, -0.1) is 0 Å². The zero-order valence-electron chi connectivity index (χ0n) is 11.1. The Balaban J connectivity index is 1.92. The predicted octanol–water partition coefficient (Wildman–Crippen LogP) is 4.86. The third-order valence-electron chi connectivity index (χ3n) is 3.40. The lowest BCUT2D eigenvalue weighted by Crippen LogP contribution is -1.99. The highest BCUT2D eigenvalue weighted by Gasteiger charge is 2.08. The van der Waals surface area contributed by atoms with Gasteiger partial charge in [-0.05, 0) is 55.3 Å². The second kappa shape index (κ2) is 5.14. The molecule has 0 unspecified atom stereocenters. The van der Waals surface area contributed by atoms with E-state index in [-0.39, 0.29) is 0 Å². The Hall–Kier alpha value is -1.67. The monoisotopic (exact) mass is 268 g/mol. The predicted molar refractivity (Wildman–Crippen MR) is 81.0 cm³/mol. The highest BCUT2D eigenvalue weighted by molar-refractivity contribution is 7.99. The molecule has 0 atom stereocenters. The van der Waals surface area contributed by atoms with E-state index in [1.54, 1.807) is 0 Å². The van der Waals surface area contributed by atoms with E-state index in [1.807, 2.05) is 11.8 Å². The number of benzene rings is 2. The molecular formula is C17H16OS. The van der Waals surface area contributed by atoms with E-state index in [0.29, 0.717) is 6.61 Å². The fraction of sp³-hybridized carbons (Fsp3) is 0.176. The topological polar surface area (TPSA) is 9.23 Å². The zero-order chi connectivity index (χ0) is 13.2. The molecule has 1 aliphatic rings. The average molecular weight is 268 g/mol. The molecule has 2 aromatic carbocycles. The van der Waals surface area contributed by atoms with Crippen molar-refractivity contribution in [3.05, 3.63) is 59.2 Å². The van der Waals surface area contributed by atoms with E-state index >= 15 is 0 Å². The third kappa shape index (κ3) is 2.54.